The van der Waals surface area contributed by atoms with E-state index in [0.717, 1.165) is 11.3 Å². The van der Waals surface area contributed by atoms with Crippen LogP contribution in [0.2, 0.25) is 5.02 Å². The van der Waals surface area contributed by atoms with E-state index in [0.29, 0.717) is 23.6 Å². The molecule has 2 aromatic carbocycles. The molecule has 0 aliphatic heterocycles. The van der Waals surface area contributed by atoms with Gasteiger partial charge in [-0.05, 0) is 43.5 Å². The van der Waals surface area contributed by atoms with Crippen LogP contribution in [0.4, 0.5) is 0 Å². The first-order valence-electron chi connectivity index (χ1n) is 7.16. The van der Waals surface area contributed by atoms with Gasteiger partial charge in [0.15, 0.2) is 0 Å². The van der Waals surface area contributed by atoms with Gasteiger partial charge >= 0.3 is 5.97 Å². The maximum atomic E-state index is 11.5. The topological polar surface area (TPSA) is 46.5 Å². The zero-order valence-electron chi connectivity index (χ0n) is 12.7. The monoisotopic (exact) mass is 318 g/mol. The summed E-state index contributed by atoms with van der Waals surface area (Å²) >= 11 is 6.10. The molecule has 0 spiro atoms. The van der Waals surface area contributed by atoms with Crippen LogP contribution in [0.3, 0.4) is 0 Å². The molecule has 0 fully saturated rings. The average molecular weight is 319 g/mol. The van der Waals surface area contributed by atoms with Gasteiger partial charge in [0.2, 0.25) is 0 Å². The molecule has 0 aromatic heterocycles. The lowest BCUT2D eigenvalue weighted by Crippen LogP contribution is -2.15. The van der Waals surface area contributed by atoms with Gasteiger partial charge in [-0.1, -0.05) is 47.5 Å². The fourth-order valence-corrected chi connectivity index (χ4v) is 2.69. The van der Waals surface area contributed by atoms with E-state index in [1.54, 1.807) is 24.3 Å². The van der Waals surface area contributed by atoms with Crippen LogP contribution in [0, 0.1) is 13.8 Å². The summed E-state index contributed by atoms with van der Waals surface area (Å²) in [5.74, 6) is -0.773. The highest BCUT2D eigenvalue weighted by atomic mass is 35.5. The van der Waals surface area contributed by atoms with Crippen molar-refractivity contribution >= 4 is 17.6 Å². The number of carbonyl (C=O) groups is 1. The van der Waals surface area contributed by atoms with Crippen molar-refractivity contribution in [3.05, 3.63) is 64.2 Å². The molecule has 0 saturated carbocycles. The molecular weight excluding hydrogens is 300 g/mol. The van der Waals surface area contributed by atoms with Gasteiger partial charge in [0, 0.05) is 5.02 Å². The zero-order chi connectivity index (χ0) is 16.1. The molecular formula is C18H19ClO3. The molecule has 0 radical (unpaired) electrons. The molecule has 1 unspecified atom stereocenters. The Balaban J connectivity index is 2.04. The minimum atomic E-state index is -0.891. The molecule has 0 heterocycles. The van der Waals surface area contributed by atoms with Gasteiger partial charge in [-0.25, -0.2) is 0 Å². The second-order valence-electron chi connectivity index (χ2n) is 5.32. The van der Waals surface area contributed by atoms with E-state index in [9.17, 15) is 9.90 Å². The van der Waals surface area contributed by atoms with Gasteiger partial charge < -0.3 is 9.84 Å². The summed E-state index contributed by atoms with van der Waals surface area (Å²) in [4.78, 5) is 11.5. The number of benzene rings is 2. The van der Waals surface area contributed by atoms with Gasteiger partial charge in [0.25, 0.3) is 0 Å². The summed E-state index contributed by atoms with van der Waals surface area (Å²) in [6, 6.07) is 13.0. The maximum absolute atomic E-state index is 11.5. The maximum Gasteiger partial charge on any atom is 0.311 e. The third-order valence-electron chi connectivity index (χ3n) is 3.57. The van der Waals surface area contributed by atoms with E-state index >= 15 is 0 Å². The summed E-state index contributed by atoms with van der Waals surface area (Å²) in [5, 5.41) is 9.90. The normalized spacial score (nSPS) is 12.0. The molecule has 0 saturated heterocycles. The smallest absolute Gasteiger partial charge is 0.311 e. The standard InChI is InChI=1S/C18H19ClO3/c1-12-7-8-17(13(2)11-12)22-10-9-15(18(20)21)14-5-3-4-6-16(14)19/h3-8,11,15H,9-10H2,1-2H3,(H,20,21). The number of ether oxygens (including phenoxy) is 1. The van der Waals surface area contributed by atoms with Crippen molar-refractivity contribution in [2.45, 2.75) is 26.2 Å². The van der Waals surface area contributed by atoms with Gasteiger partial charge in [0.05, 0.1) is 12.5 Å². The number of carboxylic acid groups (broad SMARTS) is 1. The van der Waals surface area contributed by atoms with Crippen LogP contribution in [0.25, 0.3) is 0 Å². The Kier molecular flexibility index (Phi) is 5.45. The molecule has 0 aliphatic rings. The molecule has 3 nitrogen and oxygen atoms in total. The van der Waals surface area contributed by atoms with E-state index in [1.807, 2.05) is 32.0 Å². The molecule has 1 atom stereocenters. The summed E-state index contributed by atoms with van der Waals surface area (Å²) in [6.45, 7) is 4.33. The van der Waals surface area contributed by atoms with E-state index in [-0.39, 0.29) is 0 Å². The third kappa shape index (κ3) is 4.01. The van der Waals surface area contributed by atoms with Crippen molar-refractivity contribution in [1.82, 2.24) is 0 Å². The predicted octanol–water partition coefficient (Wildman–Crippen LogP) is 4.59. The number of halogens is 1. The number of rotatable bonds is 6. The van der Waals surface area contributed by atoms with Crippen molar-refractivity contribution in [2.24, 2.45) is 0 Å². The van der Waals surface area contributed by atoms with Gasteiger partial charge in [0.1, 0.15) is 5.75 Å². The lowest BCUT2D eigenvalue weighted by molar-refractivity contribution is -0.139. The van der Waals surface area contributed by atoms with E-state index in [2.05, 4.69) is 0 Å². The summed E-state index contributed by atoms with van der Waals surface area (Å²) in [7, 11) is 0. The van der Waals surface area contributed by atoms with Crippen molar-refractivity contribution in [2.75, 3.05) is 6.61 Å². The van der Waals surface area contributed by atoms with Crippen LogP contribution in [0.5, 0.6) is 5.75 Å². The molecule has 2 rings (SSSR count). The average Bonchev–Trinajstić information content (AvgIpc) is 2.46. The molecule has 0 aliphatic carbocycles. The Hall–Kier alpha value is -2.00. The second kappa shape index (κ2) is 7.32. The van der Waals surface area contributed by atoms with Crippen molar-refractivity contribution in [3.8, 4) is 5.75 Å². The van der Waals surface area contributed by atoms with Crippen molar-refractivity contribution < 1.29 is 14.6 Å². The first-order chi connectivity index (χ1) is 10.5. The minimum Gasteiger partial charge on any atom is -0.493 e. The lowest BCUT2D eigenvalue weighted by atomic mass is 9.96. The van der Waals surface area contributed by atoms with Crippen molar-refractivity contribution in [1.29, 1.82) is 0 Å². The summed E-state index contributed by atoms with van der Waals surface area (Å²) in [6.07, 6.45) is 0.367. The first kappa shape index (κ1) is 16.4. The highest BCUT2D eigenvalue weighted by Crippen LogP contribution is 2.28. The largest absolute Gasteiger partial charge is 0.493 e. The summed E-state index contributed by atoms with van der Waals surface area (Å²) in [5.41, 5.74) is 2.84. The number of hydrogen-bond acceptors (Lipinski definition) is 2. The third-order valence-corrected chi connectivity index (χ3v) is 3.92. The van der Waals surface area contributed by atoms with E-state index in [4.69, 9.17) is 16.3 Å². The molecule has 1 N–H and O–H groups in total. The quantitative estimate of drug-likeness (QED) is 0.847. The second-order valence-corrected chi connectivity index (χ2v) is 5.73. The van der Waals surface area contributed by atoms with Gasteiger partial charge in [-0.3, -0.25) is 4.79 Å². The number of carboxylic acids is 1. The Morgan fingerprint density at radius 3 is 2.59 bits per heavy atom. The van der Waals surface area contributed by atoms with Gasteiger partial charge in [-0.15, -0.1) is 0 Å². The molecule has 4 heteroatoms. The first-order valence-corrected chi connectivity index (χ1v) is 7.54. The van der Waals surface area contributed by atoms with E-state index in [1.165, 1.54) is 5.56 Å². The fourth-order valence-electron chi connectivity index (χ4n) is 2.42. The van der Waals surface area contributed by atoms with Crippen LogP contribution in [0.15, 0.2) is 42.5 Å². The number of aryl methyl sites for hydroxylation is 2. The number of hydrogen-bond donors (Lipinski definition) is 1. The zero-order valence-corrected chi connectivity index (χ0v) is 13.4. The summed E-state index contributed by atoms with van der Waals surface area (Å²) < 4.78 is 5.73. The highest BCUT2D eigenvalue weighted by molar-refractivity contribution is 6.31. The number of aliphatic carboxylic acids is 1. The highest BCUT2D eigenvalue weighted by Gasteiger charge is 2.22. The van der Waals surface area contributed by atoms with Crippen molar-refractivity contribution in [3.63, 3.8) is 0 Å². The molecule has 0 amide bonds. The van der Waals surface area contributed by atoms with Crippen LogP contribution < -0.4 is 4.74 Å². The van der Waals surface area contributed by atoms with Crippen LogP contribution in [-0.2, 0) is 4.79 Å². The lowest BCUT2D eigenvalue weighted by Gasteiger charge is -2.15. The van der Waals surface area contributed by atoms with Crippen LogP contribution >= 0.6 is 11.6 Å². The predicted molar refractivity (Wildman–Crippen MR) is 87.9 cm³/mol. The molecule has 22 heavy (non-hydrogen) atoms. The van der Waals surface area contributed by atoms with Gasteiger partial charge in [-0.2, -0.15) is 0 Å². The Labute approximate surface area is 135 Å². The Morgan fingerprint density at radius 2 is 1.95 bits per heavy atom. The Morgan fingerprint density at radius 1 is 1.23 bits per heavy atom. The fraction of sp³-hybridized carbons (Fsp3) is 0.278. The molecule has 0 bridgehead atoms. The molecule has 116 valence electrons. The van der Waals surface area contributed by atoms with Crippen LogP contribution in [-0.4, -0.2) is 17.7 Å². The molecule has 2 aromatic rings. The minimum absolute atomic E-state index is 0.325. The van der Waals surface area contributed by atoms with E-state index < -0.39 is 11.9 Å². The SMILES string of the molecule is Cc1ccc(OCCC(C(=O)O)c2ccccc2Cl)c(C)c1. The Bertz CT molecular complexity index is 667. The van der Waals surface area contributed by atoms with Crippen LogP contribution in [0.1, 0.15) is 29.0 Å².